The highest BCUT2D eigenvalue weighted by Crippen LogP contribution is 2.64. The Kier molecular flexibility index (Phi) is 5.38. The summed E-state index contributed by atoms with van der Waals surface area (Å²) in [6.07, 6.45) is 14.7. The summed E-state index contributed by atoms with van der Waals surface area (Å²) in [6.45, 7) is 9.19. The van der Waals surface area contributed by atoms with Crippen molar-refractivity contribution in [2.45, 2.75) is 115 Å². The molecule has 4 bridgehead atoms. The molecule has 4 fully saturated rings. The third-order valence-corrected chi connectivity index (χ3v) is 13.5. The normalized spacial score (nSPS) is 44.2. The zero-order valence-electron chi connectivity index (χ0n) is 17.0. The van der Waals surface area contributed by atoms with Crippen LogP contribution in [0.15, 0.2) is 0 Å². The van der Waals surface area contributed by atoms with Gasteiger partial charge in [-0.05, 0) is 76.0 Å². The topological polar surface area (TPSA) is 18.5 Å². The fraction of sp³-hybridized carbons (Fsp3) is 1.00. The molecule has 0 spiro atoms. The Morgan fingerprint density at radius 1 is 0.720 bits per heavy atom. The maximum absolute atomic E-state index is 7.15. The van der Waals surface area contributed by atoms with Crippen LogP contribution in [0.1, 0.15) is 91.9 Å². The molecule has 4 rings (SSSR count). The molecule has 4 saturated carbocycles. The first-order valence-electron chi connectivity index (χ1n) is 11.4. The van der Waals surface area contributed by atoms with Crippen LogP contribution in [-0.2, 0) is 8.85 Å². The fourth-order valence-electron chi connectivity index (χ4n) is 6.92. The molecule has 0 aromatic rings. The highest BCUT2D eigenvalue weighted by Gasteiger charge is 2.64. The van der Waals surface area contributed by atoms with Gasteiger partial charge in [-0.1, -0.05) is 39.5 Å². The van der Waals surface area contributed by atoms with E-state index in [9.17, 15) is 0 Å². The molecular formula is C22H40O2Si. The summed E-state index contributed by atoms with van der Waals surface area (Å²) in [5, 5.41) is 0. The molecular weight excluding hydrogens is 324 g/mol. The van der Waals surface area contributed by atoms with Crippen molar-refractivity contribution >= 4 is 8.56 Å². The largest absolute Gasteiger partial charge is 0.391 e. The van der Waals surface area contributed by atoms with Gasteiger partial charge in [-0.25, -0.2) is 0 Å². The van der Waals surface area contributed by atoms with Gasteiger partial charge in [0.15, 0.2) is 0 Å². The molecule has 0 heterocycles. The van der Waals surface area contributed by atoms with Crippen molar-refractivity contribution in [1.82, 2.24) is 0 Å². The van der Waals surface area contributed by atoms with Crippen LogP contribution in [0.4, 0.5) is 0 Å². The van der Waals surface area contributed by atoms with Gasteiger partial charge in [0.25, 0.3) is 0 Å². The lowest BCUT2D eigenvalue weighted by molar-refractivity contribution is 0.0609. The van der Waals surface area contributed by atoms with Crippen molar-refractivity contribution in [1.29, 1.82) is 0 Å². The van der Waals surface area contributed by atoms with Crippen LogP contribution in [0.3, 0.4) is 0 Å². The summed E-state index contributed by atoms with van der Waals surface area (Å²) in [7, 11) is -2.20. The van der Waals surface area contributed by atoms with Crippen LogP contribution >= 0.6 is 0 Å². The molecule has 0 amide bonds. The second kappa shape index (κ2) is 7.28. The molecule has 144 valence electrons. The number of rotatable bonds is 8. The lowest BCUT2D eigenvalue weighted by Gasteiger charge is -2.48. The van der Waals surface area contributed by atoms with E-state index in [4.69, 9.17) is 8.85 Å². The standard InChI is InChI=1S/C22H40O2Si/c1-5-15(3)23-25(24-16(4)6-2,21-13-17-7-9-19(21)11-17)22-14-18-8-10-20(22)12-18/h15-22H,5-14H2,1-4H3. The first-order chi connectivity index (χ1) is 12.1. The predicted molar refractivity (Wildman–Crippen MR) is 106 cm³/mol. The van der Waals surface area contributed by atoms with Gasteiger partial charge in [0, 0.05) is 23.3 Å². The maximum Gasteiger partial charge on any atom is 0.345 e. The minimum absolute atomic E-state index is 0.369. The predicted octanol–water partition coefficient (Wildman–Crippen LogP) is 6.44. The van der Waals surface area contributed by atoms with Crippen LogP contribution in [0, 0.1) is 23.7 Å². The summed E-state index contributed by atoms with van der Waals surface area (Å²) in [5.41, 5.74) is 1.58. The van der Waals surface area contributed by atoms with Crippen molar-refractivity contribution in [3.8, 4) is 0 Å². The van der Waals surface area contributed by atoms with E-state index in [-0.39, 0.29) is 0 Å². The third kappa shape index (κ3) is 3.27. The molecule has 0 radical (unpaired) electrons. The van der Waals surface area contributed by atoms with Crippen molar-refractivity contribution in [3.05, 3.63) is 0 Å². The Labute approximate surface area is 156 Å². The Morgan fingerprint density at radius 3 is 1.44 bits per heavy atom. The molecule has 0 saturated heterocycles. The number of fused-ring (bicyclic) bond motifs is 4. The molecule has 8 unspecified atom stereocenters. The molecule has 4 aliphatic rings. The third-order valence-electron chi connectivity index (χ3n) is 8.43. The highest BCUT2D eigenvalue weighted by atomic mass is 28.4. The summed E-state index contributed by atoms with van der Waals surface area (Å²) in [5.74, 6) is 3.82. The SMILES string of the molecule is CCC(C)O[Si](OC(C)CC)(C1CC2CCC1C2)C1CC2CCC1C2. The van der Waals surface area contributed by atoms with E-state index in [1.807, 2.05) is 0 Å². The van der Waals surface area contributed by atoms with Crippen molar-refractivity contribution in [2.24, 2.45) is 23.7 Å². The van der Waals surface area contributed by atoms with Crippen LogP contribution in [0.5, 0.6) is 0 Å². The van der Waals surface area contributed by atoms with E-state index in [0.29, 0.717) is 12.2 Å². The minimum atomic E-state index is -2.20. The molecule has 25 heavy (non-hydrogen) atoms. The van der Waals surface area contributed by atoms with Crippen molar-refractivity contribution in [3.63, 3.8) is 0 Å². The Hall–Kier alpha value is 0.137. The smallest absolute Gasteiger partial charge is 0.345 e. The maximum atomic E-state index is 7.15. The minimum Gasteiger partial charge on any atom is -0.391 e. The van der Waals surface area contributed by atoms with E-state index in [0.717, 1.165) is 47.6 Å². The molecule has 8 atom stereocenters. The van der Waals surface area contributed by atoms with E-state index < -0.39 is 8.56 Å². The highest BCUT2D eigenvalue weighted by molar-refractivity contribution is 6.71. The lowest BCUT2D eigenvalue weighted by Crippen LogP contribution is -2.56. The fourth-order valence-corrected chi connectivity index (χ4v) is 13.1. The van der Waals surface area contributed by atoms with Gasteiger partial charge in [0.05, 0.1) is 0 Å². The van der Waals surface area contributed by atoms with E-state index >= 15 is 0 Å². The second-order valence-electron chi connectivity index (χ2n) is 9.96. The summed E-state index contributed by atoms with van der Waals surface area (Å²) in [6, 6.07) is 0. The van der Waals surface area contributed by atoms with E-state index in [1.54, 1.807) is 0 Å². The van der Waals surface area contributed by atoms with Gasteiger partial charge in [0.1, 0.15) is 0 Å². The Balaban J connectivity index is 1.68. The molecule has 0 aromatic carbocycles. The van der Waals surface area contributed by atoms with E-state index in [1.165, 1.54) is 51.4 Å². The van der Waals surface area contributed by atoms with Crippen LogP contribution in [0.2, 0.25) is 11.1 Å². The summed E-state index contributed by atoms with van der Waals surface area (Å²) in [4.78, 5) is 0. The monoisotopic (exact) mass is 364 g/mol. The van der Waals surface area contributed by atoms with Gasteiger partial charge in [-0.3, -0.25) is 0 Å². The van der Waals surface area contributed by atoms with Gasteiger partial charge in [0.2, 0.25) is 0 Å². The zero-order valence-corrected chi connectivity index (χ0v) is 18.0. The number of hydrogen-bond acceptors (Lipinski definition) is 2. The first-order valence-corrected chi connectivity index (χ1v) is 13.4. The molecule has 4 aliphatic carbocycles. The van der Waals surface area contributed by atoms with Crippen LogP contribution in [-0.4, -0.2) is 20.8 Å². The molecule has 0 aliphatic heterocycles. The van der Waals surface area contributed by atoms with Crippen molar-refractivity contribution < 1.29 is 8.85 Å². The van der Waals surface area contributed by atoms with Crippen LogP contribution in [0.25, 0.3) is 0 Å². The van der Waals surface area contributed by atoms with Crippen LogP contribution < -0.4 is 0 Å². The summed E-state index contributed by atoms with van der Waals surface area (Å²) < 4.78 is 14.3. The average Bonchev–Trinajstić information content (AvgIpc) is 3.41. The first kappa shape index (κ1) is 18.5. The molecule has 3 heteroatoms. The van der Waals surface area contributed by atoms with Gasteiger partial charge < -0.3 is 8.85 Å². The zero-order chi connectivity index (χ0) is 17.6. The Morgan fingerprint density at radius 2 is 1.16 bits per heavy atom. The number of hydrogen-bond donors (Lipinski definition) is 0. The quantitative estimate of drug-likeness (QED) is 0.461. The average molecular weight is 365 g/mol. The van der Waals surface area contributed by atoms with Gasteiger partial charge >= 0.3 is 8.56 Å². The van der Waals surface area contributed by atoms with Gasteiger partial charge in [-0.15, -0.1) is 0 Å². The van der Waals surface area contributed by atoms with Gasteiger partial charge in [-0.2, -0.15) is 0 Å². The molecule has 0 N–H and O–H groups in total. The molecule has 0 aromatic heterocycles. The lowest BCUT2D eigenvalue weighted by atomic mass is 9.99. The second-order valence-corrected chi connectivity index (χ2v) is 13.4. The Bertz CT molecular complexity index is 425. The van der Waals surface area contributed by atoms with Crippen molar-refractivity contribution in [2.75, 3.05) is 0 Å². The van der Waals surface area contributed by atoms with E-state index in [2.05, 4.69) is 27.7 Å². The summed E-state index contributed by atoms with van der Waals surface area (Å²) >= 11 is 0. The molecule has 2 nitrogen and oxygen atoms in total.